The molecule has 4 aromatic rings. The molecule has 0 N–H and O–H groups in total. The number of hydrogen-bond acceptors (Lipinski definition) is 1. The molecule has 0 aliphatic heterocycles. The van der Waals surface area contributed by atoms with Crippen LogP contribution in [0.2, 0.25) is 0 Å². The molecule has 0 saturated carbocycles. The maximum absolute atomic E-state index is 2.28. The number of aromatic nitrogens is 1. The minimum Gasteiger partial charge on any atom is -0.149 e. The lowest BCUT2D eigenvalue weighted by atomic mass is 10.2. The summed E-state index contributed by atoms with van der Waals surface area (Å²) in [7, 11) is 0. The number of hydrogen-bond donors (Lipinski definition) is 0. The van der Waals surface area contributed by atoms with Gasteiger partial charge in [-0.15, -0.1) is 4.40 Å². The largest absolute Gasteiger partial charge is 0.268 e. The zero-order valence-electron chi connectivity index (χ0n) is 9.13. The van der Waals surface area contributed by atoms with Crippen LogP contribution < -0.4 is 4.40 Å². The summed E-state index contributed by atoms with van der Waals surface area (Å²) in [6.45, 7) is 0. The molecule has 2 aromatic heterocycles. The topological polar surface area (TPSA) is 4.10 Å². The minimum atomic E-state index is 1.29. The average molecular weight is 236 g/mol. The van der Waals surface area contributed by atoms with Crippen molar-refractivity contribution in [2.45, 2.75) is 0 Å². The summed E-state index contributed by atoms with van der Waals surface area (Å²) in [5.41, 5.74) is 1.29. The summed E-state index contributed by atoms with van der Waals surface area (Å²) >= 11 is 1.84. The van der Waals surface area contributed by atoms with E-state index in [1.54, 1.807) is 0 Å². The number of para-hydroxylation sites is 1. The molecule has 17 heavy (non-hydrogen) atoms. The van der Waals surface area contributed by atoms with Gasteiger partial charge in [-0.05, 0) is 17.5 Å². The van der Waals surface area contributed by atoms with Crippen LogP contribution in [0.15, 0.2) is 60.8 Å². The van der Waals surface area contributed by atoms with E-state index in [-0.39, 0.29) is 0 Å². The zero-order chi connectivity index (χ0) is 11.2. The molecule has 4 rings (SSSR count). The Balaban J connectivity index is 2.28. The van der Waals surface area contributed by atoms with Crippen molar-refractivity contribution in [2.75, 3.05) is 0 Å². The maximum Gasteiger partial charge on any atom is 0.268 e. The summed E-state index contributed by atoms with van der Waals surface area (Å²) in [6.07, 6.45) is 2.23. The molecule has 0 amide bonds. The Bertz CT molecular complexity index is 839. The highest BCUT2D eigenvalue weighted by atomic mass is 32.1. The van der Waals surface area contributed by atoms with Crippen LogP contribution in [0.5, 0.6) is 0 Å². The first-order valence-electron chi connectivity index (χ1n) is 5.63. The molecule has 0 saturated heterocycles. The Kier molecular flexibility index (Phi) is 1.76. The molecule has 2 heterocycles. The van der Waals surface area contributed by atoms with Gasteiger partial charge < -0.3 is 0 Å². The molecule has 0 radical (unpaired) electrons. The van der Waals surface area contributed by atoms with Crippen LogP contribution in [0, 0.1) is 0 Å². The number of rotatable bonds is 0. The van der Waals surface area contributed by atoms with Gasteiger partial charge in [0.05, 0.1) is 0 Å². The van der Waals surface area contributed by atoms with Crippen molar-refractivity contribution >= 4 is 37.2 Å². The van der Waals surface area contributed by atoms with E-state index < -0.39 is 0 Å². The van der Waals surface area contributed by atoms with Crippen molar-refractivity contribution in [3.8, 4) is 0 Å². The normalized spacial score (nSPS) is 11.5. The molecule has 1 nitrogen and oxygen atoms in total. The van der Waals surface area contributed by atoms with Crippen molar-refractivity contribution in [3.63, 3.8) is 0 Å². The standard InChI is InChI=1S/C15H10NS/c1-2-6-12-10-16-13-7-3-4-8-14(13)17-15(16)9-11(12)5-1/h1-10H/q+1. The third kappa shape index (κ3) is 1.28. The molecule has 0 aliphatic rings. The number of nitrogens with zero attached hydrogens (tertiary/aromatic N) is 1. The van der Waals surface area contributed by atoms with Gasteiger partial charge in [0, 0.05) is 17.5 Å². The first-order valence-corrected chi connectivity index (χ1v) is 6.45. The van der Waals surface area contributed by atoms with Crippen LogP contribution in [0.3, 0.4) is 0 Å². The van der Waals surface area contributed by atoms with E-state index in [1.807, 2.05) is 11.3 Å². The Morgan fingerprint density at radius 2 is 1.59 bits per heavy atom. The number of fused-ring (bicyclic) bond motifs is 4. The Labute approximate surface area is 103 Å². The number of pyridine rings is 1. The fourth-order valence-electron chi connectivity index (χ4n) is 2.29. The molecule has 2 aromatic carbocycles. The zero-order valence-corrected chi connectivity index (χ0v) is 9.95. The first-order chi connectivity index (χ1) is 8.42. The molecular formula is C15H10NS+. The third-order valence-corrected chi connectivity index (χ3v) is 4.21. The predicted molar refractivity (Wildman–Crippen MR) is 72.5 cm³/mol. The summed E-state index contributed by atoms with van der Waals surface area (Å²) in [4.78, 5) is 1.30. The van der Waals surface area contributed by atoms with Crippen LogP contribution in [0.1, 0.15) is 0 Å². The van der Waals surface area contributed by atoms with E-state index in [0.717, 1.165) is 0 Å². The van der Waals surface area contributed by atoms with Crippen molar-refractivity contribution < 1.29 is 4.40 Å². The molecule has 80 valence electrons. The van der Waals surface area contributed by atoms with Gasteiger partial charge in [-0.25, -0.2) is 0 Å². The summed E-state index contributed by atoms with van der Waals surface area (Å²) in [5, 5.41) is 2.59. The fourth-order valence-corrected chi connectivity index (χ4v) is 3.37. The second kappa shape index (κ2) is 3.28. The summed E-state index contributed by atoms with van der Waals surface area (Å²) in [6, 6.07) is 19.3. The van der Waals surface area contributed by atoms with Gasteiger partial charge in [0.2, 0.25) is 5.52 Å². The van der Waals surface area contributed by atoms with Crippen molar-refractivity contribution in [2.24, 2.45) is 0 Å². The smallest absolute Gasteiger partial charge is 0.149 e. The lowest BCUT2D eigenvalue weighted by Crippen LogP contribution is -2.17. The highest BCUT2D eigenvalue weighted by molar-refractivity contribution is 7.23. The maximum atomic E-state index is 2.28. The highest BCUT2D eigenvalue weighted by Gasteiger charge is 2.13. The van der Waals surface area contributed by atoms with E-state index in [0.29, 0.717) is 0 Å². The second-order valence-electron chi connectivity index (χ2n) is 4.18. The second-order valence-corrected chi connectivity index (χ2v) is 5.24. The molecule has 0 atom stereocenters. The van der Waals surface area contributed by atoms with Crippen LogP contribution in [-0.4, -0.2) is 0 Å². The highest BCUT2D eigenvalue weighted by Crippen LogP contribution is 2.23. The van der Waals surface area contributed by atoms with Gasteiger partial charge in [0.15, 0.2) is 6.20 Å². The van der Waals surface area contributed by atoms with E-state index in [9.17, 15) is 0 Å². The fraction of sp³-hybridized carbons (Fsp3) is 0. The van der Waals surface area contributed by atoms with Gasteiger partial charge in [0.25, 0.3) is 4.83 Å². The van der Waals surface area contributed by atoms with Crippen molar-refractivity contribution in [1.29, 1.82) is 0 Å². The molecule has 0 fully saturated rings. The Hall–Kier alpha value is -1.93. The molecule has 0 bridgehead atoms. The number of benzene rings is 2. The van der Waals surface area contributed by atoms with E-state index in [2.05, 4.69) is 65.2 Å². The van der Waals surface area contributed by atoms with E-state index >= 15 is 0 Å². The molecule has 0 aliphatic carbocycles. The Morgan fingerprint density at radius 1 is 0.824 bits per heavy atom. The molecule has 2 heteroatoms. The van der Waals surface area contributed by atoms with E-state index in [1.165, 1.54) is 25.8 Å². The summed E-state index contributed by atoms with van der Waals surface area (Å²) < 4.78 is 3.62. The summed E-state index contributed by atoms with van der Waals surface area (Å²) in [5.74, 6) is 0. The SMILES string of the molecule is c1ccc2c[n+]3c(cc2c1)sc1ccccc13. The van der Waals surface area contributed by atoms with Gasteiger partial charge in [-0.1, -0.05) is 41.7 Å². The van der Waals surface area contributed by atoms with Crippen LogP contribution >= 0.6 is 11.3 Å². The third-order valence-electron chi connectivity index (χ3n) is 3.12. The van der Waals surface area contributed by atoms with Crippen molar-refractivity contribution in [3.05, 3.63) is 60.8 Å². The van der Waals surface area contributed by atoms with Crippen LogP contribution in [-0.2, 0) is 0 Å². The minimum absolute atomic E-state index is 1.29. The van der Waals surface area contributed by atoms with E-state index in [4.69, 9.17) is 0 Å². The monoisotopic (exact) mass is 236 g/mol. The van der Waals surface area contributed by atoms with Gasteiger partial charge in [-0.2, -0.15) is 0 Å². The van der Waals surface area contributed by atoms with Crippen LogP contribution in [0.4, 0.5) is 0 Å². The molecular weight excluding hydrogens is 226 g/mol. The van der Waals surface area contributed by atoms with Gasteiger partial charge in [-0.3, -0.25) is 0 Å². The lowest BCUT2D eigenvalue weighted by Gasteiger charge is -1.92. The first kappa shape index (κ1) is 9.14. The van der Waals surface area contributed by atoms with Crippen molar-refractivity contribution in [1.82, 2.24) is 0 Å². The Morgan fingerprint density at radius 3 is 2.53 bits per heavy atom. The van der Waals surface area contributed by atoms with Gasteiger partial charge >= 0.3 is 0 Å². The lowest BCUT2D eigenvalue weighted by molar-refractivity contribution is -0.475. The molecule has 0 unspecified atom stereocenters. The van der Waals surface area contributed by atoms with Crippen LogP contribution in [0.25, 0.3) is 25.8 Å². The quantitative estimate of drug-likeness (QED) is 0.409. The van der Waals surface area contributed by atoms with Gasteiger partial charge in [0.1, 0.15) is 4.70 Å². The average Bonchev–Trinajstić information content (AvgIpc) is 2.73. The predicted octanol–water partition coefficient (Wildman–Crippen LogP) is 3.79. The number of thiazole rings is 1. The molecule has 0 spiro atoms.